The fourth-order valence-electron chi connectivity index (χ4n) is 2.83. The number of carbonyl (C=O) groups excluding carboxylic acids is 1. The zero-order chi connectivity index (χ0) is 20.3. The van der Waals surface area contributed by atoms with Crippen LogP contribution in [0, 0.1) is 0 Å². The van der Waals surface area contributed by atoms with Gasteiger partial charge in [-0.2, -0.15) is 18.3 Å². The van der Waals surface area contributed by atoms with Crippen LogP contribution in [0.25, 0.3) is 5.69 Å². The minimum atomic E-state index is -4.69. The van der Waals surface area contributed by atoms with Gasteiger partial charge in [0.25, 0.3) is 5.91 Å². The Labute approximate surface area is 164 Å². The molecule has 1 N–H and O–H groups in total. The topological polar surface area (TPSA) is 46.9 Å². The van der Waals surface area contributed by atoms with Crippen molar-refractivity contribution in [2.24, 2.45) is 0 Å². The van der Waals surface area contributed by atoms with Crippen LogP contribution in [0.15, 0.2) is 60.7 Å². The zero-order valence-corrected chi connectivity index (χ0v) is 15.6. The van der Waals surface area contributed by atoms with E-state index in [-0.39, 0.29) is 22.4 Å². The summed E-state index contributed by atoms with van der Waals surface area (Å²) in [5.74, 6) is -0.668. The zero-order valence-electron chi connectivity index (χ0n) is 14.9. The molecule has 0 aliphatic carbocycles. The highest BCUT2D eigenvalue weighted by molar-refractivity contribution is 6.32. The maximum absolute atomic E-state index is 13.2. The molecule has 146 valence electrons. The highest BCUT2D eigenvalue weighted by Crippen LogP contribution is 2.31. The second-order valence-corrected chi connectivity index (χ2v) is 6.53. The van der Waals surface area contributed by atoms with E-state index in [9.17, 15) is 18.0 Å². The first kappa shape index (κ1) is 19.9. The van der Waals surface area contributed by atoms with Crippen LogP contribution in [0.2, 0.25) is 5.02 Å². The third kappa shape index (κ3) is 4.20. The van der Waals surface area contributed by atoms with Gasteiger partial charge in [0.05, 0.1) is 16.8 Å². The average Bonchev–Trinajstić information content (AvgIpc) is 3.13. The minimum Gasteiger partial charge on any atom is -0.344 e. The third-order valence-corrected chi connectivity index (χ3v) is 4.55. The van der Waals surface area contributed by atoms with Gasteiger partial charge in [-0.15, -0.1) is 0 Å². The van der Waals surface area contributed by atoms with Crippen molar-refractivity contribution >= 4 is 17.5 Å². The molecule has 1 atom stereocenters. The summed E-state index contributed by atoms with van der Waals surface area (Å²) in [6, 6.07) is 15.9. The molecule has 0 spiro atoms. The Kier molecular flexibility index (Phi) is 5.74. The largest absolute Gasteiger partial charge is 0.435 e. The van der Waals surface area contributed by atoms with Crippen LogP contribution in [0.1, 0.15) is 41.1 Å². The predicted molar refractivity (Wildman–Crippen MR) is 101 cm³/mol. The van der Waals surface area contributed by atoms with Crippen LogP contribution in [-0.2, 0) is 6.18 Å². The number of para-hydroxylation sites is 1. The number of amides is 1. The number of benzene rings is 2. The van der Waals surface area contributed by atoms with Crippen molar-refractivity contribution in [3.05, 3.63) is 82.6 Å². The molecule has 0 fully saturated rings. The summed E-state index contributed by atoms with van der Waals surface area (Å²) in [5.41, 5.74) is -0.351. The van der Waals surface area contributed by atoms with Gasteiger partial charge in [0.2, 0.25) is 0 Å². The number of hydrogen-bond acceptors (Lipinski definition) is 2. The van der Waals surface area contributed by atoms with E-state index < -0.39 is 17.8 Å². The number of hydrogen-bond donors (Lipinski definition) is 1. The number of aromatic nitrogens is 2. The second-order valence-electron chi connectivity index (χ2n) is 6.12. The first-order valence-corrected chi connectivity index (χ1v) is 8.97. The van der Waals surface area contributed by atoms with Crippen molar-refractivity contribution in [3.8, 4) is 5.69 Å². The van der Waals surface area contributed by atoms with Gasteiger partial charge in [-0.05, 0) is 24.1 Å². The number of alkyl halides is 3. The van der Waals surface area contributed by atoms with Crippen molar-refractivity contribution in [2.45, 2.75) is 25.6 Å². The fourth-order valence-corrected chi connectivity index (χ4v) is 3.04. The fraction of sp³-hybridized carbons (Fsp3) is 0.200. The lowest BCUT2D eigenvalue weighted by Crippen LogP contribution is -2.30. The van der Waals surface area contributed by atoms with Gasteiger partial charge < -0.3 is 5.32 Å². The average molecular weight is 408 g/mol. The van der Waals surface area contributed by atoms with Gasteiger partial charge in [-0.1, -0.05) is 61.0 Å². The van der Waals surface area contributed by atoms with Crippen molar-refractivity contribution < 1.29 is 18.0 Å². The minimum absolute atomic E-state index is 0.184. The highest BCUT2D eigenvalue weighted by Gasteiger charge is 2.36. The molecular formula is C20H17ClF3N3O. The molecular weight excluding hydrogens is 391 g/mol. The SMILES string of the molecule is CCC(NC(=O)c1cc(C(F)(F)F)nn1-c1ccccc1Cl)c1ccccc1. The summed E-state index contributed by atoms with van der Waals surface area (Å²) in [4.78, 5) is 12.9. The molecule has 0 bridgehead atoms. The number of rotatable bonds is 5. The monoisotopic (exact) mass is 407 g/mol. The Bertz CT molecular complexity index is 970. The summed E-state index contributed by atoms with van der Waals surface area (Å²) in [6.07, 6.45) is -4.12. The first-order chi connectivity index (χ1) is 13.3. The number of carbonyl (C=O) groups is 1. The van der Waals surface area contributed by atoms with E-state index in [1.807, 2.05) is 37.3 Å². The molecule has 0 saturated heterocycles. The summed E-state index contributed by atoms with van der Waals surface area (Å²) < 4.78 is 40.6. The van der Waals surface area contributed by atoms with Gasteiger partial charge in [0.15, 0.2) is 5.69 Å². The van der Waals surface area contributed by atoms with E-state index >= 15 is 0 Å². The molecule has 1 heterocycles. The Morgan fingerprint density at radius 2 is 1.79 bits per heavy atom. The van der Waals surface area contributed by atoms with E-state index in [1.165, 1.54) is 12.1 Å². The van der Waals surface area contributed by atoms with E-state index in [0.29, 0.717) is 6.42 Å². The Morgan fingerprint density at radius 1 is 1.14 bits per heavy atom. The molecule has 0 radical (unpaired) electrons. The number of nitrogens with one attached hydrogen (secondary N) is 1. The first-order valence-electron chi connectivity index (χ1n) is 8.59. The molecule has 2 aromatic carbocycles. The Balaban J connectivity index is 2.01. The maximum Gasteiger partial charge on any atom is 0.435 e. The van der Waals surface area contributed by atoms with Gasteiger partial charge in [-0.3, -0.25) is 4.79 Å². The van der Waals surface area contributed by atoms with Crippen molar-refractivity contribution in [2.75, 3.05) is 0 Å². The Morgan fingerprint density at radius 3 is 2.39 bits per heavy atom. The summed E-state index contributed by atoms with van der Waals surface area (Å²) in [5, 5.41) is 6.55. The van der Waals surface area contributed by atoms with Gasteiger partial charge >= 0.3 is 6.18 Å². The van der Waals surface area contributed by atoms with E-state index in [4.69, 9.17) is 11.6 Å². The molecule has 4 nitrogen and oxygen atoms in total. The predicted octanol–water partition coefficient (Wildman–Crippen LogP) is 5.43. The molecule has 8 heteroatoms. The molecule has 0 aliphatic rings. The van der Waals surface area contributed by atoms with E-state index in [2.05, 4.69) is 10.4 Å². The van der Waals surface area contributed by atoms with Crippen LogP contribution in [0.3, 0.4) is 0 Å². The molecule has 3 aromatic rings. The van der Waals surface area contributed by atoms with Gasteiger partial charge in [0, 0.05) is 6.07 Å². The van der Waals surface area contributed by atoms with Crippen molar-refractivity contribution in [1.29, 1.82) is 0 Å². The summed E-state index contributed by atoms with van der Waals surface area (Å²) in [6.45, 7) is 1.88. The maximum atomic E-state index is 13.2. The van der Waals surface area contributed by atoms with E-state index in [1.54, 1.807) is 12.1 Å². The summed E-state index contributed by atoms with van der Waals surface area (Å²) in [7, 11) is 0. The van der Waals surface area contributed by atoms with Crippen molar-refractivity contribution in [1.82, 2.24) is 15.1 Å². The Hall–Kier alpha value is -2.80. The van der Waals surface area contributed by atoms with Crippen LogP contribution >= 0.6 is 11.6 Å². The molecule has 1 amide bonds. The molecule has 3 rings (SSSR count). The smallest absolute Gasteiger partial charge is 0.344 e. The quantitative estimate of drug-likeness (QED) is 0.613. The molecule has 1 unspecified atom stereocenters. The molecule has 28 heavy (non-hydrogen) atoms. The van der Waals surface area contributed by atoms with Crippen LogP contribution in [0.5, 0.6) is 0 Å². The second kappa shape index (κ2) is 8.06. The van der Waals surface area contributed by atoms with Crippen LogP contribution in [-0.4, -0.2) is 15.7 Å². The normalized spacial score (nSPS) is 12.6. The highest BCUT2D eigenvalue weighted by atomic mass is 35.5. The summed E-state index contributed by atoms with van der Waals surface area (Å²) >= 11 is 6.11. The van der Waals surface area contributed by atoms with Crippen LogP contribution in [0.4, 0.5) is 13.2 Å². The number of halogens is 4. The van der Waals surface area contributed by atoms with Gasteiger partial charge in [0.1, 0.15) is 5.69 Å². The van der Waals surface area contributed by atoms with E-state index in [0.717, 1.165) is 16.3 Å². The third-order valence-electron chi connectivity index (χ3n) is 4.23. The lowest BCUT2D eigenvalue weighted by Gasteiger charge is -2.18. The number of nitrogens with zero attached hydrogens (tertiary/aromatic N) is 2. The lowest BCUT2D eigenvalue weighted by molar-refractivity contribution is -0.141. The standard InChI is InChI=1S/C20H17ClF3N3O/c1-2-15(13-8-4-3-5-9-13)25-19(28)17-12-18(20(22,23)24)26-27(17)16-11-7-6-10-14(16)21/h3-12,15H,2H2,1H3,(H,25,28). The van der Waals surface area contributed by atoms with Crippen LogP contribution < -0.4 is 5.32 Å². The molecule has 0 aliphatic heterocycles. The van der Waals surface area contributed by atoms with Gasteiger partial charge in [-0.25, -0.2) is 4.68 Å². The molecule has 0 saturated carbocycles. The molecule has 1 aromatic heterocycles. The lowest BCUT2D eigenvalue weighted by atomic mass is 10.0. The van der Waals surface area contributed by atoms with Crippen molar-refractivity contribution in [3.63, 3.8) is 0 Å².